The molecule has 108 valence electrons. The van der Waals surface area contributed by atoms with Crippen molar-refractivity contribution in [1.82, 2.24) is 0 Å². The first-order valence-corrected chi connectivity index (χ1v) is 6.93. The van der Waals surface area contributed by atoms with Gasteiger partial charge in [-0.15, -0.1) is 0 Å². The van der Waals surface area contributed by atoms with Crippen molar-refractivity contribution in [3.8, 4) is 0 Å². The van der Waals surface area contributed by atoms with Crippen LogP contribution in [0.3, 0.4) is 0 Å². The summed E-state index contributed by atoms with van der Waals surface area (Å²) in [6, 6.07) is 12.9. The maximum atomic E-state index is 13.5. The molecule has 0 aliphatic carbocycles. The second kappa shape index (κ2) is 5.64. The molecule has 1 saturated heterocycles. The molecule has 0 bridgehead atoms. The van der Waals surface area contributed by atoms with Crippen LogP contribution < -0.4 is 4.90 Å². The normalized spacial score (nSPS) is 18.9. The second-order valence-corrected chi connectivity index (χ2v) is 5.24. The van der Waals surface area contributed by atoms with Crippen molar-refractivity contribution in [2.24, 2.45) is 0 Å². The van der Waals surface area contributed by atoms with E-state index in [1.54, 1.807) is 0 Å². The van der Waals surface area contributed by atoms with Crippen LogP contribution in [0.4, 0.5) is 14.5 Å². The quantitative estimate of drug-likeness (QED) is 0.835. The molecule has 1 aliphatic heterocycles. The number of benzene rings is 2. The highest BCUT2D eigenvalue weighted by molar-refractivity contribution is 5.82. The number of hydrogen-bond donors (Lipinski definition) is 0. The van der Waals surface area contributed by atoms with Crippen LogP contribution in [0.25, 0.3) is 0 Å². The molecule has 2 nitrogen and oxygen atoms in total. The summed E-state index contributed by atoms with van der Waals surface area (Å²) in [7, 11) is 0. The van der Waals surface area contributed by atoms with Gasteiger partial charge in [0.2, 0.25) is 0 Å². The lowest BCUT2D eigenvalue weighted by Gasteiger charge is -2.37. The minimum absolute atomic E-state index is 0.173. The molecule has 0 spiro atoms. The van der Waals surface area contributed by atoms with Gasteiger partial charge in [-0.05, 0) is 17.7 Å². The highest BCUT2D eigenvalue weighted by atomic mass is 19.1. The lowest BCUT2D eigenvalue weighted by Crippen LogP contribution is -2.37. The minimum Gasteiger partial charge on any atom is -0.363 e. The fourth-order valence-electron chi connectivity index (χ4n) is 2.82. The van der Waals surface area contributed by atoms with Gasteiger partial charge in [0, 0.05) is 31.1 Å². The summed E-state index contributed by atoms with van der Waals surface area (Å²) in [5.74, 6) is -1.03. The molecule has 2 aromatic carbocycles. The molecular weight excluding hydrogens is 272 g/mol. The van der Waals surface area contributed by atoms with E-state index in [2.05, 4.69) is 0 Å². The predicted octanol–water partition coefficient (Wildman–Crippen LogP) is 3.88. The monoisotopic (exact) mass is 287 g/mol. The maximum absolute atomic E-state index is 13.5. The van der Waals surface area contributed by atoms with Gasteiger partial charge in [0.05, 0.1) is 6.04 Å². The smallest absolute Gasteiger partial charge is 0.137 e. The molecule has 1 aliphatic rings. The number of ketones is 1. The van der Waals surface area contributed by atoms with Gasteiger partial charge in [-0.2, -0.15) is 0 Å². The molecule has 4 heteroatoms. The number of rotatable bonds is 2. The standard InChI is InChI=1S/C17H15F2NO/c18-13-8-14(19)10-15(9-13)20-7-6-16(21)11-17(20)12-4-2-1-3-5-12/h1-5,8-10,17H,6-7,11H2. The van der Waals surface area contributed by atoms with Gasteiger partial charge in [-0.1, -0.05) is 30.3 Å². The van der Waals surface area contributed by atoms with E-state index in [9.17, 15) is 13.6 Å². The summed E-state index contributed by atoms with van der Waals surface area (Å²) in [5, 5.41) is 0. The van der Waals surface area contributed by atoms with Gasteiger partial charge < -0.3 is 4.90 Å². The Morgan fingerprint density at radius 1 is 1.00 bits per heavy atom. The first-order chi connectivity index (χ1) is 10.1. The number of piperidine rings is 1. The predicted molar refractivity (Wildman–Crippen MR) is 77.1 cm³/mol. The Balaban J connectivity index is 2.00. The van der Waals surface area contributed by atoms with E-state index in [-0.39, 0.29) is 11.8 Å². The average Bonchev–Trinajstić information content (AvgIpc) is 2.47. The number of nitrogens with zero attached hydrogens (tertiary/aromatic N) is 1. The van der Waals surface area contributed by atoms with E-state index in [0.29, 0.717) is 25.1 Å². The molecule has 3 rings (SSSR count). The SMILES string of the molecule is O=C1CCN(c2cc(F)cc(F)c2)C(c2ccccc2)C1. The Hall–Kier alpha value is -2.23. The van der Waals surface area contributed by atoms with E-state index in [0.717, 1.165) is 11.6 Å². The Morgan fingerprint density at radius 3 is 2.33 bits per heavy atom. The van der Waals surface area contributed by atoms with Crippen molar-refractivity contribution in [2.75, 3.05) is 11.4 Å². The third kappa shape index (κ3) is 2.94. The topological polar surface area (TPSA) is 20.3 Å². The van der Waals surface area contributed by atoms with Gasteiger partial charge in [0.1, 0.15) is 17.4 Å². The van der Waals surface area contributed by atoms with Crippen molar-refractivity contribution in [3.05, 3.63) is 65.7 Å². The Bertz CT molecular complexity index is 637. The fourth-order valence-corrected chi connectivity index (χ4v) is 2.82. The summed E-state index contributed by atoms with van der Waals surface area (Å²) in [5.41, 5.74) is 1.46. The maximum Gasteiger partial charge on any atom is 0.137 e. The van der Waals surface area contributed by atoms with Crippen LogP contribution >= 0.6 is 0 Å². The van der Waals surface area contributed by atoms with E-state index < -0.39 is 11.6 Å². The molecule has 1 heterocycles. The number of carbonyl (C=O) groups excluding carboxylic acids is 1. The lowest BCUT2D eigenvalue weighted by atomic mass is 9.93. The first kappa shape index (κ1) is 13.7. The number of anilines is 1. The van der Waals surface area contributed by atoms with Crippen molar-refractivity contribution >= 4 is 11.5 Å². The van der Waals surface area contributed by atoms with Crippen LogP contribution in [0.5, 0.6) is 0 Å². The highest BCUT2D eigenvalue weighted by Crippen LogP contribution is 2.34. The van der Waals surface area contributed by atoms with Gasteiger partial charge in [0.15, 0.2) is 0 Å². The van der Waals surface area contributed by atoms with Crippen LogP contribution in [0.15, 0.2) is 48.5 Å². The number of Topliss-reactive ketones (excluding diaryl/α,β-unsaturated/α-hetero) is 1. The number of carbonyl (C=O) groups is 1. The lowest BCUT2D eigenvalue weighted by molar-refractivity contribution is -0.120. The molecule has 0 N–H and O–H groups in total. The minimum atomic E-state index is -0.603. The zero-order chi connectivity index (χ0) is 14.8. The third-order valence-electron chi connectivity index (χ3n) is 3.79. The zero-order valence-corrected chi connectivity index (χ0v) is 11.4. The summed E-state index contributed by atoms with van der Waals surface area (Å²) < 4.78 is 26.9. The molecule has 1 unspecified atom stereocenters. The second-order valence-electron chi connectivity index (χ2n) is 5.24. The molecule has 1 atom stereocenters. The van der Waals surface area contributed by atoms with E-state index in [1.165, 1.54) is 12.1 Å². The summed E-state index contributed by atoms with van der Waals surface area (Å²) in [6.07, 6.45) is 0.767. The van der Waals surface area contributed by atoms with Crippen LogP contribution in [-0.2, 0) is 4.79 Å². The third-order valence-corrected chi connectivity index (χ3v) is 3.79. The molecule has 21 heavy (non-hydrogen) atoms. The molecular formula is C17H15F2NO. The van der Waals surface area contributed by atoms with Crippen molar-refractivity contribution in [1.29, 1.82) is 0 Å². The fraction of sp³-hybridized carbons (Fsp3) is 0.235. The Kier molecular flexibility index (Phi) is 3.69. The highest BCUT2D eigenvalue weighted by Gasteiger charge is 2.28. The van der Waals surface area contributed by atoms with Gasteiger partial charge >= 0.3 is 0 Å². The molecule has 1 fully saturated rings. The number of hydrogen-bond acceptors (Lipinski definition) is 2. The van der Waals surface area contributed by atoms with Gasteiger partial charge in [-0.3, -0.25) is 4.79 Å². The average molecular weight is 287 g/mol. The van der Waals surface area contributed by atoms with Crippen LogP contribution in [0.1, 0.15) is 24.4 Å². The van der Waals surface area contributed by atoms with Crippen LogP contribution in [0, 0.1) is 11.6 Å². The number of halogens is 2. The van der Waals surface area contributed by atoms with E-state index >= 15 is 0 Å². The summed E-state index contributed by atoms with van der Waals surface area (Å²) >= 11 is 0. The van der Waals surface area contributed by atoms with E-state index in [4.69, 9.17) is 0 Å². The van der Waals surface area contributed by atoms with Crippen LogP contribution in [0.2, 0.25) is 0 Å². The first-order valence-electron chi connectivity index (χ1n) is 6.93. The van der Waals surface area contributed by atoms with Crippen molar-refractivity contribution < 1.29 is 13.6 Å². The Labute approximate surface area is 122 Å². The molecule has 0 amide bonds. The zero-order valence-electron chi connectivity index (χ0n) is 11.4. The summed E-state index contributed by atoms with van der Waals surface area (Å²) in [6.45, 7) is 0.473. The Morgan fingerprint density at radius 2 is 1.67 bits per heavy atom. The van der Waals surface area contributed by atoms with Crippen molar-refractivity contribution in [3.63, 3.8) is 0 Å². The van der Waals surface area contributed by atoms with Crippen molar-refractivity contribution in [2.45, 2.75) is 18.9 Å². The molecule has 0 saturated carbocycles. The van der Waals surface area contributed by atoms with Gasteiger partial charge in [-0.25, -0.2) is 8.78 Å². The molecule has 2 aromatic rings. The molecule has 0 radical (unpaired) electrons. The van der Waals surface area contributed by atoms with Crippen LogP contribution in [-0.4, -0.2) is 12.3 Å². The molecule has 0 aromatic heterocycles. The van der Waals surface area contributed by atoms with Gasteiger partial charge in [0.25, 0.3) is 0 Å². The van der Waals surface area contributed by atoms with E-state index in [1.807, 2.05) is 35.2 Å². The summed E-state index contributed by atoms with van der Waals surface area (Å²) in [4.78, 5) is 13.7. The largest absolute Gasteiger partial charge is 0.363 e.